The van der Waals surface area contributed by atoms with Crippen LogP contribution in [0.25, 0.3) is 39.0 Å². The molecule has 0 fully saturated rings. The van der Waals surface area contributed by atoms with E-state index in [2.05, 4.69) is 0 Å². The van der Waals surface area contributed by atoms with E-state index in [0.29, 0.717) is 0 Å². The van der Waals surface area contributed by atoms with Gasteiger partial charge in [0.25, 0.3) is 0 Å². The summed E-state index contributed by atoms with van der Waals surface area (Å²) in [6.45, 7) is 0.00356. The van der Waals surface area contributed by atoms with Crippen LogP contribution in [0.4, 0.5) is 92.2 Å². The predicted octanol–water partition coefficient (Wildman–Crippen LogP) is 13.3. The third-order valence-corrected chi connectivity index (χ3v) is 7.76. The van der Waals surface area contributed by atoms with E-state index in [1.54, 1.807) is 0 Å². The van der Waals surface area contributed by atoms with Crippen molar-refractivity contribution >= 4 is 21.5 Å². The Morgan fingerprint density at radius 2 is 0.604 bits per heavy atom. The number of benzene rings is 4. The lowest BCUT2D eigenvalue weighted by Gasteiger charge is -2.18. The topological polar surface area (TPSA) is 0 Å². The zero-order chi connectivity index (χ0) is 40.5. The molecule has 0 aliphatic rings. The van der Waals surface area contributed by atoms with Crippen LogP contribution in [0.3, 0.4) is 0 Å². The molecule has 0 aromatic heterocycles. The predicted molar refractivity (Wildman–Crippen MR) is 143 cm³/mol. The van der Waals surface area contributed by atoms with Crippen molar-refractivity contribution in [1.29, 1.82) is 0 Å². The Hall–Kier alpha value is -4.89. The van der Waals surface area contributed by atoms with Crippen LogP contribution in [0, 0.1) is 93.1 Å². The molecule has 0 saturated heterocycles. The summed E-state index contributed by atoms with van der Waals surface area (Å²) >= 11 is 2.02. The highest BCUT2D eigenvalue weighted by Crippen LogP contribution is 2.47. The number of halogens is 22. The molecule has 0 radical (unpaired) electrons. The molecule has 282 valence electrons. The Balaban J connectivity index is 2.08. The lowest BCUT2D eigenvalue weighted by Crippen LogP contribution is -2.13. The Labute approximate surface area is 286 Å². The van der Waals surface area contributed by atoms with Crippen molar-refractivity contribution in [2.45, 2.75) is 6.92 Å². The molecular formula is C31H4BrF21. The van der Waals surface area contributed by atoms with Gasteiger partial charge in [0.1, 0.15) is 12.2 Å². The summed E-state index contributed by atoms with van der Waals surface area (Å²) < 4.78 is 304. The molecule has 0 nitrogen and oxygen atoms in total. The molecule has 0 aliphatic heterocycles. The second-order valence-electron chi connectivity index (χ2n) is 9.96. The highest BCUT2D eigenvalue weighted by atomic mass is 79.9. The van der Waals surface area contributed by atoms with Gasteiger partial charge in [-0.2, -0.15) is 0 Å². The number of hydrogen-bond acceptors (Lipinski definition) is 0. The third kappa shape index (κ3) is 6.12. The van der Waals surface area contributed by atoms with Gasteiger partial charge in [0.2, 0.25) is 0 Å². The summed E-state index contributed by atoms with van der Waals surface area (Å²) in [6.07, 6.45) is -1.31. The molecule has 0 atom stereocenters. The van der Waals surface area contributed by atoms with E-state index in [-0.39, 0.29) is 6.92 Å². The van der Waals surface area contributed by atoms with Gasteiger partial charge in [-0.25, -0.2) is 92.2 Å². The van der Waals surface area contributed by atoms with Crippen LogP contribution in [-0.2, 0) is 0 Å². The van der Waals surface area contributed by atoms with Crippen LogP contribution < -0.4 is 0 Å². The number of hydrogen-bond donors (Lipinski definition) is 0. The van der Waals surface area contributed by atoms with Crippen molar-refractivity contribution in [2.75, 3.05) is 0 Å². The van der Waals surface area contributed by atoms with Gasteiger partial charge in [-0.15, -0.1) is 0 Å². The number of allylic oxidation sites excluding steroid dienone is 5. The molecule has 4 aromatic carbocycles. The summed E-state index contributed by atoms with van der Waals surface area (Å²) in [5.74, 6) is -60.3. The first-order valence-electron chi connectivity index (χ1n) is 13.0. The molecule has 0 amide bonds. The van der Waals surface area contributed by atoms with Gasteiger partial charge in [-0.05, 0) is 22.9 Å². The highest BCUT2D eigenvalue weighted by molar-refractivity contribution is 9.10. The molecule has 0 unspecified atom stereocenters. The standard InChI is InChI=1S/C31H4BrF21/c1-3(34)5(15(37)14(36)4(35)2-33)6-16(38)18(40)7(19(41)17(6)39)8-20(42)22(44)9(23(45)21(8)43)10-24(46)26(48)11(27(49)25(10)47)12-28(50)30(52)13(32)31(53)29(12)51/h2H,1H3/b4-2-,5-3+,15-14-. The van der Waals surface area contributed by atoms with E-state index < -0.39 is 172 Å². The molecule has 0 spiro atoms. The second-order valence-corrected chi connectivity index (χ2v) is 10.7. The van der Waals surface area contributed by atoms with Gasteiger partial charge >= 0.3 is 0 Å². The largest absolute Gasteiger partial charge is 0.212 e. The van der Waals surface area contributed by atoms with Crippen LogP contribution in [0.1, 0.15) is 12.5 Å². The molecule has 53 heavy (non-hydrogen) atoms. The Morgan fingerprint density at radius 1 is 0.377 bits per heavy atom. The fraction of sp³-hybridized carbons (Fsp3) is 0.0323. The van der Waals surface area contributed by atoms with E-state index in [4.69, 9.17) is 0 Å². The quantitative estimate of drug-likeness (QED) is 0.0784. The summed E-state index contributed by atoms with van der Waals surface area (Å²) in [5, 5.41) is 0. The second kappa shape index (κ2) is 14.5. The van der Waals surface area contributed by atoms with Crippen molar-refractivity contribution in [3.05, 3.63) is 133 Å². The fourth-order valence-electron chi connectivity index (χ4n) is 4.73. The maximum atomic E-state index is 15.2. The Morgan fingerprint density at radius 3 is 0.830 bits per heavy atom. The molecule has 0 saturated carbocycles. The van der Waals surface area contributed by atoms with Crippen molar-refractivity contribution < 1.29 is 92.2 Å². The van der Waals surface area contributed by atoms with Crippen LogP contribution in [0.2, 0.25) is 0 Å². The van der Waals surface area contributed by atoms with Crippen LogP contribution in [0.15, 0.2) is 34.1 Å². The minimum atomic E-state index is -3.30. The molecule has 0 heterocycles. The first kappa shape index (κ1) is 40.9. The normalized spacial score (nSPS) is 13.2. The average Bonchev–Trinajstić information content (AvgIpc) is 3.12. The molecule has 4 aromatic rings. The van der Waals surface area contributed by atoms with Crippen molar-refractivity contribution in [1.82, 2.24) is 0 Å². The molecule has 22 heteroatoms. The van der Waals surface area contributed by atoms with Gasteiger partial charge in [-0.3, -0.25) is 0 Å². The SMILES string of the molecule is C\C(F)=C(/C(F)=C(F)\C(F)=C\F)c1c(F)c(F)c(-c2c(F)c(F)c(-c3c(F)c(F)c(-c4c(F)c(F)c(Br)c(F)c4F)c(F)c3F)c(F)c2F)c(F)c1F. The summed E-state index contributed by atoms with van der Waals surface area (Å²) in [6, 6.07) is 0. The smallest absolute Gasteiger partial charge is 0.197 e. The van der Waals surface area contributed by atoms with Gasteiger partial charge in [0.05, 0.1) is 49.0 Å². The van der Waals surface area contributed by atoms with Gasteiger partial charge in [0, 0.05) is 0 Å². The molecule has 4 rings (SSSR count). The minimum absolute atomic E-state index is 0.00356. The molecule has 0 aliphatic carbocycles. The zero-order valence-corrected chi connectivity index (χ0v) is 26.0. The highest BCUT2D eigenvalue weighted by Gasteiger charge is 2.40. The Kier molecular flexibility index (Phi) is 11.2. The minimum Gasteiger partial charge on any atom is -0.212 e. The summed E-state index contributed by atoms with van der Waals surface area (Å²) in [5.41, 5.74) is -21.8. The lowest BCUT2D eigenvalue weighted by atomic mass is 9.91. The molecule has 0 bridgehead atoms. The van der Waals surface area contributed by atoms with Crippen LogP contribution >= 0.6 is 15.9 Å². The molecule has 0 N–H and O–H groups in total. The summed E-state index contributed by atoms with van der Waals surface area (Å²) in [7, 11) is 0. The van der Waals surface area contributed by atoms with E-state index in [1.165, 1.54) is 0 Å². The lowest BCUT2D eigenvalue weighted by molar-refractivity contribution is 0.432. The van der Waals surface area contributed by atoms with Gasteiger partial charge in [0.15, 0.2) is 111 Å². The van der Waals surface area contributed by atoms with Crippen LogP contribution in [-0.4, -0.2) is 0 Å². The fourth-order valence-corrected chi connectivity index (χ4v) is 5.08. The monoisotopic (exact) mass is 854 g/mol. The van der Waals surface area contributed by atoms with E-state index in [9.17, 15) is 39.5 Å². The Bertz CT molecular complexity index is 2250. The third-order valence-electron chi connectivity index (χ3n) is 7.06. The van der Waals surface area contributed by atoms with Crippen LogP contribution in [0.5, 0.6) is 0 Å². The maximum absolute atomic E-state index is 15.2. The van der Waals surface area contributed by atoms with Crippen molar-refractivity contribution in [3.8, 4) is 33.4 Å². The first-order valence-corrected chi connectivity index (χ1v) is 13.8. The van der Waals surface area contributed by atoms with Crippen molar-refractivity contribution in [3.63, 3.8) is 0 Å². The molecular weight excluding hydrogens is 851 g/mol. The average molecular weight is 855 g/mol. The number of rotatable bonds is 6. The van der Waals surface area contributed by atoms with Crippen molar-refractivity contribution in [2.24, 2.45) is 0 Å². The van der Waals surface area contributed by atoms with E-state index in [1.807, 2.05) is 15.9 Å². The zero-order valence-electron chi connectivity index (χ0n) is 24.4. The van der Waals surface area contributed by atoms with Gasteiger partial charge < -0.3 is 0 Å². The van der Waals surface area contributed by atoms with Gasteiger partial charge in [-0.1, -0.05) is 0 Å². The first-order chi connectivity index (χ1) is 24.5. The summed E-state index contributed by atoms with van der Waals surface area (Å²) in [4.78, 5) is 0. The van der Waals surface area contributed by atoms with E-state index in [0.717, 1.165) is 0 Å². The maximum Gasteiger partial charge on any atom is 0.197 e. The van der Waals surface area contributed by atoms with E-state index >= 15 is 52.7 Å².